The maximum absolute atomic E-state index is 14.0. The van der Waals surface area contributed by atoms with E-state index in [0.717, 1.165) is 11.1 Å². The number of carbonyl (C=O) groups is 2. The molecule has 5 aliphatic rings. The van der Waals surface area contributed by atoms with Crippen LogP contribution in [0.2, 0.25) is 0 Å². The summed E-state index contributed by atoms with van der Waals surface area (Å²) in [6, 6.07) is 0. The number of esters is 2. The average Bonchev–Trinajstić information content (AvgIpc) is 3.64. The van der Waals surface area contributed by atoms with Crippen LogP contribution in [-0.4, -0.2) is 176 Å². The molecule has 5 heterocycles. The Bertz CT molecular complexity index is 2170. The van der Waals surface area contributed by atoms with E-state index >= 15 is 0 Å². The second-order valence-electron chi connectivity index (χ2n) is 23.7. The Morgan fingerprint density at radius 2 is 1.09 bits per heavy atom. The van der Waals surface area contributed by atoms with Crippen molar-refractivity contribution in [3.05, 3.63) is 71.9 Å². The molecule has 0 bridgehead atoms. The standard InChI is InChI=1S/C63H102O19/c1-14-41-22-20-24-43(16-3)59(35(7)48(65)31-62(73)33-50(45(18-5)37(9)81-62)77-54-30-47(64)55(69)39(11)75-54)79-52(67)28-26-42(15-2)23-21-25-44(17-4)60(80-53(68)29-27-41)36(8)49(66)32-63(74-13)34-51(46(19-6)38(10)82-63)78-61-58(72)57(71)56(70)40(12)76-61/h20-29,35-40,43-51,54-61,64-66,69-73H,14-19,30-34H2,1-13H3/t35-,36-,37-,38+,39-,40-,43-,44-,45-,46+,47+,48-,49-,50-,51-,54+,55-,56-,57+,58-,59-,60-,61-,62-,63+/m1/s1. The molecule has 0 spiro atoms. The fourth-order valence-corrected chi connectivity index (χ4v) is 12.6. The Hall–Kier alpha value is -3.22. The van der Waals surface area contributed by atoms with Gasteiger partial charge in [-0.15, -0.1) is 0 Å². The summed E-state index contributed by atoms with van der Waals surface area (Å²) in [5.41, 5.74) is 1.56. The molecule has 0 aromatic rings. The molecule has 0 aliphatic carbocycles. The van der Waals surface area contributed by atoms with Gasteiger partial charge < -0.3 is 83.5 Å². The molecule has 5 aliphatic heterocycles. The van der Waals surface area contributed by atoms with Gasteiger partial charge in [0.1, 0.15) is 36.6 Å². The number of cyclic esters (lactones) is 2. The first-order valence-corrected chi connectivity index (χ1v) is 30.3. The van der Waals surface area contributed by atoms with E-state index in [2.05, 4.69) is 0 Å². The summed E-state index contributed by atoms with van der Waals surface area (Å²) in [7, 11) is 1.49. The summed E-state index contributed by atoms with van der Waals surface area (Å²) < 4.78 is 56.1. The minimum Gasteiger partial charge on any atom is -0.458 e. The summed E-state index contributed by atoms with van der Waals surface area (Å²) in [6.45, 7) is 22.4. The lowest BCUT2D eigenvalue weighted by Gasteiger charge is -2.49. The maximum Gasteiger partial charge on any atom is 0.331 e. The monoisotopic (exact) mass is 1160 g/mol. The van der Waals surface area contributed by atoms with E-state index in [-0.39, 0.29) is 43.9 Å². The van der Waals surface area contributed by atoms with Crippen LogP contribution < -0.4 is 0 Å². The highest BCUT2D eigenvalue weighted by Gasteiger charge is 2.52. The van der Waals surface area contributed by atoms with Crippen molar-refractivity contribution in [3.8, 4) is 0 Å². The number of allylic oxidation sites excluding steroid dienone is 8. The number of ether oxygens (including phenoxy) is 9. The largest absolute Gasteiger partial charge is 0.458 e. The Morgan fingerprint density at radius 3 is 1.56 bits per heavy atom. The molecule has 0 unspecified atom stereocenters. The summed E-state index contributed by atoms with van der Waals surface area (Å²) in [5, 5.41) is 88.9. The van der Waals surface area contributed by atoms with E-state index in [1.54, 1.807) is 32.9 Å². The van der Waals surface area contributed by atoms with Crippen molar-refractivity contribution in [1.29, 1.82) is 0 Å². The third-order valence-corrected chi connectivity index (χ3v) is 18.0. The molecule has 25 atom stereocenters. The summed E-state index contributed by atoms with van der Waals surface area (Å²) in [6.07, 6.45) is 4.49. The molecule has 82 heavy (non-hydrogen) atoms. The molecule has 19 nitrogen and oxygen atoms in total. The van der Waals surface area contributed by atoms with Crippen LogP contribution in [0.25, 0.3) is 0 Å². The van der Waals surface area contributed by atoms with E-state index in [1.165, 1.54) is 19.3 Å². The third kappa shape index (κ3) is 18.2. The smallest absolute Gasteiger partial charge is 0.331 e. The van der Waals surface area contributed by atoms with Crippen LogP contribution in [0.15, 0.2) is 71.9 Å². The van der Waals surface area contributed by atoms with Gasteiger partial charge in [-0.3, -0.25) is 0 Å². The van der Waals surface area contributed by atoms with Crippen LogP contribution in [-0.2, 0) is 52.2 Å². The highest BCUT2D eigenvalue weighted by atomic mass is 16.7. The molecule has 8 N–H and O–H groups in total. The predicted octanol–water partition coefficient (Wildman–Crippen LogP) is 6.70. The van der Waals surface area contributed by atoms with Gasteiger partial charge in [0.15, 0.2) is 24.2 Å². The van der Waals surface area contributed by atoms with Gasteiger partial charge in [0.25, 0.3) is 0 Å². The predicted molar refractivity (Wildman–Crippen MR) is 306 cm³/mol. The zero-order valence-electron chi connectivity index (χ0n) is 50.9. The van der Waals surface area contributed by atoms with Crippen molar-refractivity contribution in [1.82, 2.24) is 0 Å². The molecule has 19 heteroatoms. The van der Waals surface area contributed by atoms with Crippen LogP contribution in [0.5, 0.6) is 0 Å². The van der Waals surface area contributed by atoms with E-state index in [1.807, 2.05) is 98.8 Å². The molecule has 4 saturated heterocycles. The number of aliphatic hydroxyl groups is 8. The van der Waals surface area contributed by atoms with E-state index in [0.29, 0.717) is 38.5 Å². The van der Waals surface area contributed by atoms with Crippen LogP contribution in [0.1, 0.15) is 154 Å². The molecular formula is C63H102O19. The van der Waals surface area contributed by atoms with Gasteiger partial charge in [-0.05, 0) is 77.4 Å². The van der Waals surface area contributed by atoms with Crippen LogP contribution >= 0.6 is 0 Å². The molecule has 0 aromatic carbocycles. The normalized spacial score (nSPS) is 40.9. The topological polar surface area (TPSA) is 279 Å². The molecule has 4 fully saturated rings. The minimum absolute atomic E-state index is 0.00375. The number of hydrogen-bond donors (Lipinski definition) is 8. The Kier molecular flexibility index (Phi) is 27.1. The zero-order chi connectivity index (χ0) is 60.8. The SMILES string of the molecule is CCC1=CC=C[C@@H](CC)[C@@H]([C@H](C)[C@H](O)C[C@@]2(OC)C[C@@H](O[C@H]3O[C@H](C)[C@@H](O)[C@H](O)[C@H]3O)[C@@H](CC)[C@H](C)O2)OC(=O)C=CC(CC)=CC=C[C@@H](CC)[C@@H]([C@H](C)[C@H](O)C[C@]2(O)C[C@@H](O[C@H]3C[C@H](O)[C@H](O)[C@@H](C)O3)[C@H](CC)[C@@H](C)O2)OC(=O)C=C1. The molecule has 0 saturated carbocycles. The van der Waals surface area contributed by atoms with Gasteiger partial charge in [0.2, 0.25) is 0 Å². The van der Waals surface area contributed by atoms with E-state index < -0.39 is 151 Å². The fraction of sp³-hybridized carbons (Fsp3) is 0.778. The van der Waals surface area contributed by atoms with Crippen LogP contribution in [0.3, 0.4) is 0 Å². The zero-order valence-corrected chi connectivity index (χ0v) is 50.9. The first-order chi connectivity index (χ1) is 38.8. The Morgan fingerprint density at radius 1 is 0.598 bits per heavy atom. The molecule has 5 rings (SSSR count). The number of rotatable bonds is 19. The minimum atomic E-state index is -1.84. The summed E-state index contributed by atoms with van der Waals surface area (Å²) >= 11 is 0. The van der Waals surface area contributed by atoms with Crippen molar-refractivity contribution in [2.24, 2.45) is 35.5 Å². The maximum atomic E-state index is 14.0. The van der Waals surface area contributed by atoms with Crippen LogP contribution in [0.4, 0.5) is 0 Å². The van der Waals surface area contributed by atoms with Gasteiger partial charge in [-0.2, -0.15) is 0 Å². The van der Waals surface area contributed by atoms with Gasteiger partial charge in [-0.25, -0.2) is 9.59 Å². The van der Waals surface area contributed by atoms with E-state index in [9.17, 15) is 50.4 Å². The number of aliphatic hydroxyl groups excluding tert-OH is 7. The highest BCUT2D eigenvalue weighted by molar-refractivity contribution is 5.83. The lowest BCUT2D eigenvalue weighted by molar-refractivity contribution is -0.351. The number of hydrogen-bond acceptors (Lipinski definition) is 19. The molecule has 0 aromatic heterocycles. The highest BCUT2D eigenvalue weighted by Crippen LogP contribution is 2.44. The molecule has 0 radical (unpaired) electrons. The molecule has 468 valence electrons. The first-order valence-electron chi connectivity index (χ1n) is 30.3. The second kappa shape index (κ2) is 32.0. The Labute approximate surface area is 487 Å². The van der Waals surface area contributed by atoms with Crippen molar-refractivity contribution in [3.63, 3.8) is 0 Å². The van der Waals surface area contributed by atoms with Gasteiger partial charge in [0, 0.05) is 86.9 Å². The van der Waals surface area contributed by atoms with Crippen molar-refractivity contribution in [2.45, 2.75) is 269 Å². The first kappa shape index (κ1) is 69.6. The van der Waals surface area contributed by atoms with Gasteiger partial charge in [-0.1, -0.05) is 104 Å². The number of methoxy groups -OCH3 is 1. The molecular weight excluding hydrogens is 1060 g/mol. The van der Waals surface area contributed by atoms with Crippen molar-refractivity contribution < 1.29 is 93.1 Å². The summed E-state index contributed by atoms with van der Waals surface area (Å²) in [4.78, 5) is 27.9. The van der Waals surface area contributed by atoms with E-state index in [4.69, 9.17) is 42.6 Å². The fourth-order valence-electron chi connectivity index (χ4n) is 12.6. The van der Waals surface area contributed by atoms with Gasteiger partial charge >= 0.3 is 11.9 Å². The van der Waals surface area contributed by atoms with Crippen molar-refractivity contribution >= 4 is 11.9 Å². The summed E-state index contributed by atoms with van der Waals surface area (Å²) in [5.74, 6) is -6.99. The average molecular weight is 1160 g/mol. The van der Waals surface area contributed by atoms with Crippen LogP contribution in [0, 0.1) is 35.5 Å². The molecule has 0 amide bonds. The van der Waals surface area contributed by atoms with Gasteiger partial charge in [0.05, 0.1) is 54.9 Å². The second-order valence-corrected chi connectivity index (χ2v) is 23.7. The lowest BCUT2D eigenvalue weighted by atomic mass is 9.80. The number of carbonyl (C=O) groups excluding carboxylic acids is 2. The third-order valence-electron chi connectivity index (χ3n) is 18.0. The quantitative estimate of drug-likeness (QED) is 0.0625. The Balaban J connectivity index is 1.39. The van der Waals surface area contributed by atoms with Crippen molar-refractivity contribution in [2.75, 3.05) is 7.11 Å². The lowest BCUT2D eigenvalue weighted by Crippen LogP contribution is -2.60.